The van der Waals surface area contributed by atoms with Gasteiger partial charge in [-0.25, -0.2) is 8.78 Å². The highest BCUT2D eigenvalue weighted by atomic mass is 127. The number of alkyl halides is 2. The topological polar surface area (TPSA) is 55.1 Å². The summed E-state index contributed by atoms with van der Waals surface area (Å²) in [5, 5.41) is 2.16. The van der Waals surface area contributed by atoms with Crippen molar-refractivity contribution in [3.63, 3.8) is 0 Å². The largest absolute Gasteiger partial charge is 0.346 e. The Balaban J connectivity index is 0.00000289. The average Bonchev–Trinajstić information content (AvgIpc) is 2.30. The third-order valence-electron chi connectivity index (χ3n) is 2.24. The molecule has 0 atom stereocenters. The standard InChI is InChI=1S/C11H13F2IN2O.ClH/c1-7-2-3-8(4-9(7)14)10(17)16-6-11(12,13)5-15;/h2-4H,5-6,15H2,1H3,(H,16,17);1H. The van der Waals surface area contributed by atoms with Crippen LogP contribution in [0.1, 0.15) is 15.9 Å². The van der Waals surface area contributed by atoms with Gasteiger partial charge in [0.1, 0.15) is 0 Å². The molecule has 0 saturated carbocycles. The molecule has 0 aromatic heterocycles. The van der Waals surface area contributed by atoms with Crippen LogP contribution in [0.25, 0.3) is 0 Å². The first-order chi connectivity index (χ1) is 7.85. The second-order valence-electron chi connectivity index (χ2n) is 3.71. The molecule has 0 unspecified atom stereocenters. The predicted molar refractivity (Wildman–Crippen MR) is 77.5 cm³/mol. The number of hydrogen-bond donors (Lipinski definition) is 2. The molecule has 0 aliphatic carbocycles. The average molecular weight is 391 g/mol. The van der Waals surface area contributed by atoms with Gasteiger partial charge in [-0.3, -0.25) is 4.79 Å². The van der Waals surface area contributed by atoms with E-state index in [1.807, 2.05) is 6.92 Å². The van der Waals surface area contributed by atoms with Crippen molar-refractivity contribution in [2.45, 2.75) is 12.8 Å². The fourth-order valence-corrected chi connectivity index (χ4v) is 1.63. The number of nitrogens with one attached hydrogen (secondary N) is 1. The van der Waals surface area contributed by atoms with Crippen LogP contribution in [0.5, 0.6) is 0 Å². The highest BCUT2D eigenvalue weighted by Crippen LogP contribution is 2.14. The molecular weight excluding hydrogens is 376 g/mol. The molecule has 7 heteroatoms. The summed E-state index contributed by atoms with van der Waals surface area (Å²) in [5.74, 6) is -3.58. The molecule has 0 heterocycles. The molecule has 102 valence electrons. The number of hydrogen-bond acceptors (Lipinski definition) is 2. The first kappa shape index (κ1) is 17.5. The summed E-state index contributed by atoms with van der Waals surface area (Å²) in [6.07, 6.45) is 0. The fraction of sp³-hybridized carbons (Fsp3) is 0.364. The van der Waals surface area contributed by atoms with E-state index in [9.17, 15) is 13.6 Å². The lowest BCUT2D eigenvalue weighted by Crippen LogP contribution is -2.41. The van der Waals surface area contributed by atoms with E-state index in [2.05, 4.69) is 27.9 Å². The smallest absolute Gasteiger partial charge is 0.277 e. The molecule has 1 aromatic rings. The van der Waals surface area contributed by atoms with Gasteiger partial charge in [0, 0.05) is 9.13 Å². The molecule has 0 aliphatic rings. The predicted octanol–water partition coefficient (Wildman–Crippen LogP) is 2.35. The van der Waals surface area contributed by atoms with Crippen LogP contribution in [0.2, 0.25) is 0 Å². The van der Waals surface area contributed by atoms with Crippen LogP contribution in [0, 0.1) is 10.5 Å². The SMILES string of the molecule is Cc1ccc(C(=O)NCC(F)(F)CN)cc1I.Cl. The Morgan fingerprint density at radius 2 is 2.11 bits per heavy atom. The molecule has 0 bridgehead atoms. The van der Waals surface area contributed by atoms with E-state index in [-0.39, 0.29) is 12.4 Å². The lowest BCUT2D eigenvalue weighted by molar-refractivity contribution is 0.0118. The quantitative estimate of drug-likeness (QED) is 0.776. The van der Waals surface area contributed by atoms with E-state index in [0.717, 1.165) is 9.13 Å². The van der Waals surface area contributed by atoms with Gasteiger partial charge in [-0.05, 0) is 47.2 Å². The first-order valence-corrected chi connectivity index (χ1v) is 6.06. The van der Waals surface area contributed by atoms with Crippen LogP contribution in [0.15, 0.2) is 18.2 Å². The van der Waals surface area contributed by atoms with Crippen molar-refractivity contribution < 1.29 is 13.6 Å². The van der Waals surface area contributed by atoms with Gasteiger partial charge in [0.25, 0.3) is 11.8 Å². The van der Waals surface area contributed by atoms with E-state index < -0.39 is 24.9 Å². The second-order valence-corrected chi connectivity index (χ2v) is 4.87. The summed E-state index contributed by atoms with van der Waals surface area (Å²) in [7, 11) is 0. The Hall–Kier alpha value is -0.470. The minimum absolute atomic E-state index is 0. The number of aryl methyl sites for hydroxylation is 1. The van der Waals surface area contributed by atoms with Gasteiger partial charge in [-0.15, -0.1) is 12.4 Å². The number of halogens is 4. The van der Waals surface area contributed by atoms with Crippen molar-refractivity contribution in [2.75, 3.05) is 13.1 Å². The normalized spacial score (nSPS) is 10.7. The maximum absolute atomic E-state index is 12.8. The van der Waals surface area contributed by atoms with E-state index >= 15 is 0 Å². The zero-order valence-corrected chi connectivity index (χ0v) is 12.6. The van der Waals surface area contributed by atoms with E-state index in [0.29, 0.717) is 5.56 Å². The van der Waals surface area contributed by atoms with Crippen LogP contribution in [-0.4, -0.2) is 24.9 Å². The molecule has 3 N–H and O–H groups in total. The van der Waals surface area contributed by atoms with Crippen LogP contribution in [0.4, 0.5) is 8.78 Å². The van der Waals surface area contributed by atoms with Crippen LogP contribution < -0.4 is 11.1 Å². The molecule has 0 fully saturated rings. The fourth-order valence-electron chi connectivity index (χ4n) is 1.12. The van der Waals surface area contributed by atoms with Gasteiger partial charge < -0.3 is 11.1 Å². The Morgan fingerprint density at radius 3 is 2.61 bits per heavy atom. The molecular formula is C11H14ClF2IN2O. The number of carbonyl (C=O) groups is 1. The van der Waals surface area contributed by atoms with Crippen molar-refractivity contribution in [3.8, 4) is 0 Å². The molecule has 0 radical (unpaired) electrons. The summed E-state index contributed by atoms with van der Waals surface area (Å²) >= 11 is 2.09. The molecule has 0 spiro atoms. The summed E-state index contributed by atoms with van der Waals surface area (Å²) < 4.78 is 26.6. The Morgan fingerprint density at radius 1 is 1.50 bits per heavy atom. The van der Waals surface area contributed by atoms with Gasteiger partial charge >= 0.3 is 0 Å². The zero-order chi connectivity index (χ0) is 13.1. The monoisotopic (exact) mass is 390 g/mol. The van der Waals surface area contributed by atoms with E-state index in [1.165, 1.54) is 0 Å². The maximum Gasteiger partial charge on any atom is 0.277 e. The molecule has 1 aromatic carbocycles. The van der Waals surface area contributed by atoms with Gasteiger partial charge in [0.15, 0.2) is 0 Å². The van der Waals surface area contributed by atoms with Crippen LogP contribution >= 0.6 is 35.0 Å². The van der Waals surface area contributed by atoms with Gasteiger partial charge in [0.2, 0.25) is 0 Å². The van der Waals surface area contributed by atoms with Crippen molar-refractivity contribution in [3.05, 3.63) is 32.9 Å². The van der Waals surface area contributed by atoms with Crippen LogP contribution in [-0.2, 0) is 0 Å². The van der Waals surface area contributed by atoms with Gasteiger partial charge in [-0.1, -0.05) is 6.07 Å². The third kappa shape index (κ3) is 5.03. The first-order valence-electron chi connectivity index (χ1n) is 4.98. The second kappa shape index (κ2) is 7.20. The van der Waals surface area contributed by atoms with Crippen molar-refractivity contribution in [1.82, 2.24) is 5.32 Å². The van der Waals surface area contributed by atoms with E-state index in [4.69, 9.17) is 5.73 Å². The van der Waals surface area contributed by atoms with Gasteiger partial charge in [0.05, 0.1) is 13.1 Å². The molecule has 1 rings (SSSR count). The molecule has 1 amide bonds. The highest BCUT2D eigenvalue weighted by Gasteiger charge is 2.27. The summed E-state index contributed by atoms with van der Waals surface area (Å²) in [6.45, 7) is 0.386. The van der Waals surface area contributed by atoms with Crippen molar-refractivity contribution >= 4 is 40.9 Å². The van der Waals surface area contributed by atoms with E-state index in [1.54, 1.807) is 18.2 Å². The van der Waals surface area contributed by atoms with Crippen LogP contribution in [0.3, 0.4) is 0 Å². The van der Waals surface area contributed by atoms with Gasteiger partial charge in [-0.2, -0.15) is 0 Å². The Kier molecular flexibility index (Phi) is 7.01. The maximum atomic E-state index is 12.8. The summed E-state index contributed by atoms with van der Waals surface area (Å²) in [4.78, 5) is 11.6. The number of benzene rings is 1. The minimum Gasteiger partial charge on any atom is -0.346 e. The Labute approximate surface area is 124 Å². The lowest BCUT2D eigenvalue weighted by Gasteiger charge is -2.14. The number of carbonyl (C=O) groups excluding carboxylic acids is 1. The van der Waals surface area contributed by atoms with Crippen molar-refractivity contribution in [1.29, 1.82) is 0 Å². The highest BCUT2D eigenvalue weighted by molar-refractivity contribution is 14.1. The number of rotatable bonds is 4. The summed E-state index contributed by atoms with van der Waals surface area (Å²) in [6, 6.07) is 5.04. The number of nitrogens with two attached hydrogens (primary N) is 1. The zero-order valence-electron chi connectivity index (χ0n) is 9.67. The lowest BCUT2D eigenvalue weighted by atomic mass is 10.1. The molecule has 0 aliphatic heterocycles. The number of amides is 1. The molecule has 3 nitrogen and oxygen atoms in total. The summed E-state index contributed by atoms with van der Waals surface area (Å²) in [5.41, 5.74) is 6.28. The third-order valence-corrected chi connectivity index (χ3v) is 3.40. The molecule has 0 saturated heterocycles. The van der Waals surface area contributed by atoms with Crippen molar-refractivity contribution in [2.24, 2.45) is 5.73 Å². The minimum atomic E-state index is -3.06. The molecule has 18 heavy (non-hydrogen) atoms. The Bertz CT molecular complexity index is 430.